The summed E-state index contributed by atoms with van der Waals surface area (Å²) in [5.74, 6) is -3.67. The topological polar surface area (TPSA) is 95.5 Å². The zero-order valence-corrected chi connectivity index (χ0v) is 9.35. The third-order valence-corrected chi connectivity index (χ3v) is 2.15. The first-order valence-electron chi connectivity index (χ1n) is 4.94. The van der Waals surface area contributed by atoms with Crippen molar-refractivity contribution >= 4 is 11.7 Å². The Bertz CT molecular complexity index is 493. The Morgan fingerprint density at radius 2 is 2.17 bits per heavy atom. The van der Waals surface area contributed by atoms with Crippen molar-refractivity contribution in [1.29, 1.82) is 0 Å². The highest BCUT2D eigenvalue weighted by atomic mass is 19.1. The van der Waals surface area contributed by atoms with Gasteiger partial charge in [-0.25, -0.2) is 9.18 Å². The minimum Gasteiger partial charge on any atom is -0.465 e. The lowest BCUT2D eigenvalue weighted by molar-refractivity contribution is -0.387. The monoisotopic (exact) mass is 260 g/mol. The molecule has 0 aromatic heterocycles. The summed E-state index contributed by atoms with van der Waals surface area (Å²) in [5, 5.41) is 10.5. The molecule has 6 nitrogen and oxygen atoms in total. The second-order valence-corrected chi connectivity index (χ2v) is 3.28. The van der Waals surface area contributed by atoms with Gasteiger partial charge in [-0.15, -0.1) is 0 Å². The first-order chi connectivity index (χ1) is 8.40. The minimum atomic E-state index is -1.75. The van der Waals surface area contributed by atoms with Crippen LogP contribution in [0.5, 0.6) is 0 Å². The third kappa shape index (κ3) is 2.59. The molecular formula is C10H10F2N2O4. The van der Waals surface area contributed by atoms with Crippen molar-refractivity contribution in [2.45, 2.75) is 13.0 Å². The molecule has 1 atom stereocenters. The number of carbonyl (C=O) groups is 1. The van der Waals surface area contributed by atoms with Crippen LogP contribution in [0.3, 0.4) is 0 Å². The summed E-state index contributed by atoms with van der Waals surface area (Å²) in [6.07, 6.45) is 0. The fourth-order valence-electron chi connectivity index (χ4n) is 1.33. The number of ether oxygens (including phenoxy) is 1. The number of carbonyl (C=O) groups excluding carboxylic acids is 1. The number of nitro benzene ring substituents is 1. The second-order valence-electron chi connectivity index (χ2n) is 3.28. The number of hydrogen-bond acceptors (Lipinski definition) is 5. The molecule has 0 spiro atoms. The maximum Gasteiger partial charge on any atom is 0.327 e. The van der Waals surface area contributed by atoms with Crippen molar-refractivity contribution < 1.29 is 23.2 Å². The van der Waals surface area contributed by atoms with Crippen molar-refractivity contribution in [3.63, 3.8) is 0 Å². The number of nitrogens with two attached hydrogens (primary N) is 1. The molecule has 2 N–H and O–H groups in total. The fraction of sp³-hybridized carbons (Fsp3) is 0.300. The van der Waals surface area contributed by atoms with E-state index in [1.54, 1.807) is 0 Å². The van der Waals surface area contributed by atoms with Crippen LogP contribution in [0, 0.1) is 21.7 Å². The van der Waals surface area contributed by atoms with Gasteiger partial charge in [-0.05, 0) is 13.0 Å². The number of benzene rings is 1. The average Bonchev–Trinajstić information content (AvgIpc) is 2.28. The van der Waals surface area contributed by atoms with Gasteiger partial charge in [0.05, 0.1) is 17.1 Å². The Morgan fingerprint density at radius 3 is 2.67 bits per heavy atom. The fourth-order valence-corrected chi connectivity index (χ4v) is 1.33. The summed E-state index contributed by atoms with van der Waals surface area (Å²) in [4.78, 5) is 20.7. The number of nitro groups is 1. The molecule has 1 unspecified atom stereocenters. The molecule has 0 amide bonds. The average molecular weight is 260 g/mol. The van der Waals surface area contributed by atoms with E-state index in [1.165, 1.54) is 6.92 Å². The molecule has 0 aliphatic carbocycles. The van der Waals surface area contributed by atoms with Gasteiger partial charge in [-0.1, -0.05) is 0 Å². The zero-order valence-electron chi connectivity index (χ0n) is 9.35. The van der Waals surface area contributed by atoms with E-state index in [-0.39, 0.29) is 6.61 Å². The van der Waals surface area contributed by atoms with Gasteiger partial charge < -0.3 is 10.5 Å². The summed E-state index contributed by atoms with van der Waals surface area (Å²) in [5.41, 5.74) is 3.49. The van der Waals surface area contributed by atoms with Crippen molar-refractivity contribution in [2.75, 3.05) is 6.61 Å². The SMILES string of the molecule is CCOC(=O)C(N)c1c(F)ccc([N+](=O)[O-])c1F. The van der Waals surface area contributed by atoms with Crippen LogP contribution in [-0.2, 0) is 9.53 Å². The molecule has 1 rings (SSSR count). The largest absolute Gasteiger partial charge is 0.465 e. The van der Waals surface area contributed by atoms with Gasteiger partial charge in [0.15, 0.2) is 0 Å². The maximum atomic E-state index is 13.7. The van der Waals surface area contributed by atoms with E-state index in [0.29, 0.717) is 12.1 Å². The van der Waals surface area contributed by atoms with Gasteiger partial charge in [0.2, 0.25) is 5.82 Å². The summed E-state index contributed by atoms with van der Waals surface area (Å²) < 4.78 is 31.6. The molecule has 1 aromatic rings. The molecule has 0 aliphatic heterocycles. The quantitative estimate of drug-likeness (QED) is 0.502. The predicted octanol–water partition coefficient (Wildman–Crippen LogP) is 1.44. The van der Waals surface area contributed by atoms with E-state index in [9.17, 15) is 23.7 Å². The number of rotatable bonds is 4. The van der Waals surface area contributed by atoms with Gasteiger partial charge in [-0.3, -0.25) is 10.1 Å². The molecular weight excluding hydrogens is 250 g/mol. The van der Waals surface area contributed by atoms with E-state index < -0.39 is 39.8 Å². The minimum absolute atomic E-state index is 0.0231. The Labute approximate surface area is 100 Å². The molecule has 0 heterocycles. The van der Waals surface area contributed by atoms with Gasteiger partial charge in [-0.2, -0.15) is 4.39 Å². The number of hydrogen-bond donors (Lipinski definition) is 1. The van der Waals surface area contributed by atoms with Crippen molar-refractivity contribution in [3.8, 4) is 0 Å². The molecule has 8 heteroatoms. The normalized spacial score (nSPS) is 12.0. The summed E-state index contributed by atoms with van der Waals surface area (Å²) >= 11 is 0. The Hall–Kier alpha value is -2.09. The lowest BCUT2D eigenvalue weighted by Gasteiger charge is -2.12. The van der Waals surface area contributed by atoms with Crippen LogP contribution in [0.15, 0.2) is 12.1 Å². The van der Waals surface area contributed by atoms with E-state index in [1.807, 2.05) is 0 Å². The van der Waals surface area contributed by atoms with E-state index >= 15 is 0 Å². The van der Waals surface area contributed by atoms with Crippen molar-refractivity contribution in [1.82, 2.24) is 0 Å². The second kappa shape index (κ2) is 5.50. The standard InChI is InChI=1S/C10H10F2N2O4/c1-2-18-10(15)9(13)7-5(11)3-4-6(8(7)12)14(16)17/h3-4,9H,2,13H2,1H3. The van der Waals surface area contributed by atoms with Gasteiger partial charge in [0, 0.05) is 6.07 Å². The Kier molecular flexibility index (Phi) is 4.27. The highest BCUT2D eigenvalue weighted by Gasteiger charge is 2.29. The van der Waals surface area contributed by atoms with Gasteiger partial charge in [0.1, 0.15) is 11.9 Å². The zero-order chi connectivity index (χ0) is 13.9. The van der Waals surface area contributed by atoms with Crippen LogP contribution in [0.25, 0.3) is 0 Å². The smallest absolute Gasteiger partial charge is 0.327 e. The first kappa shape index (κ1) is 14.0. The first-order valence-corrected chi connectivity index (χ1v) is 4.94. The van der Waals surface area contributed by atoms with Gasteiger partial charge >= 0.3 is 11.7 Å². The van der Waals surface area contributed by atoms with E-state index in [2.05, 4.69) is 4.74 Å². The lowest BCUT2D eigenvalue weighted by Crippen LogP contribution is -2.26. The lowest BCUT2D eigenvalue weighted by atomic mass is 10.1. The molecule has 0 saturated carbocycles. The van der Waals surface area contributed by atoms with Crippen molar-refractivity contribution in [3.05, 3.63) is 39.4 Å². The van der Waals surface area contributed by atoms with Crippen LogP contribution in [0.2, 0.25) is 0 Å². The molecule has 0 aliphatic rings. The highest BCUT2D eigenvalue weighted by molar-refractivity contribution is 5.77. The Morgan fingerprint density at radius 1 is 1.56 bits per heavy atom. The summed E-state index contributed by atoms with van der Waals surface area (Å²) in [7, 11) is 0. The number of esters is 1. The van der Waals surface area contributed by atoms with Crippen LogP contribution in [0.4, 0.5) is 14.5 Å². The Balaban J connectivity index is 3.26. The van der Waals surface area contributed by atoms with Crippen molar-refractivity contribution in [2.24, 2.45) is 5.73 Å². The number of halogens is 2. The molecule has 0 radical (unpaired) electrons. The van der Waals surface area contributed by atoms with E-state index in [4.69, 9.17) is 5.73 Å². The molecule has 0 saturated heterocycles. The van der Waals surface area contributed by atoms with Crippen LogP contribution < -0.4 is 5.73 Å². The van der Waals surface area contributed by atoms with Crippen LogP contribution in [-0.4, -0.2) is 17.5 Å². The molecule has 98 valence electrons. The van der Waals surface area contributed by atoms with Crippen LogP contribution in [0.1, 0.15) is 18.5 Å². The molecule has 0 bridgehead atoms. The molecule has 1 aromatic carbocycles. The third-order valence-electron chi connectivity index (χ3n) is 2.15. The molecule has 0 fully saturated rings. The molecule has 18 heavy (non-hydrogen) atoms. The summed E-state index contributed by atoms with van der Waals surface area (Å²) in [6, 6.07) is -0.411. The predicted molar refractivity (Wildman–Crippen MR) is 56.6 cm³/mol. The highest BCUT2D eigenvalue weighted by Crippen LogP contribution is 2.27. The van der Waals surface area contributed by atoms with Gasteiger partial charge in [0.25, 0.3) is 0 Å². The van der Waals surface area contributed by atoms with Crippen LogP contribution >= 0.6 is 0 Å². The van der Waals surface area contributed by atoms with E-state index in [0.717, 1.165) is 0 Å². The number of nitrogens with zero attached hydrogens (tertiary/aromatic N) is 1. The summed E-state index contributed by atoms with van der Waals surface area (Å²) in [6.45, 7) is 1.47. The maximum absolute atomic E-state index is 13.7.